The lowest BCUT2D eigenvalue weighted by Gasteiger charge is -2.02. The van der Waals surface area contributed by atoms with Crippen molar-refractivity contribution in [2.24, 2.45) is 0 Å². The van der Waals surface area contributed by atoms with Gasteiger partial charge in [-0.25, -0.2) is 4.98 Å². The topological polar surface area (TPSA) is 63.8 Å². The minimum absolute atomic E-state index is 0.567. The van der Waals surface area contributed by atoms with Crippen LogP contribution in [-0.4, -0.2) is 15.1 Å². The van der Waals surface area contributed by atoms with E-state index in [2.05, 4.69) is 32.6 Å². The molecule has 2 heterocycles. The minimum Gasteiger partial charge on any atom is -0.378 e. The summed E-state index contributed by atoms with van der Waals surface area (Å²) in [5.74, 6) is 1.98. The van der Waals surface area contributed by atoms with Crippen molar-refractivity contribution in [3.8, 4) is 0 Å². The predicted octanol–water partition coefficient (Wildman–Crippen LogP) is 3.48. The zero-order valence-electron chi connectivity index (χ0n) is 11.1. The summed E-state index contributed by atoms with van der Waals surface area (Å²) in [5.41, 5.74) is 2.16. The average Bonchev–Trinajstić information content (AvgIpc) is 3.08. The number of anilines is 1. The molecule has 0 amide bonds. The smallest absolute Gasteiger partial charge is 0.223 e. The third-order valence-corrected chi connectivity index (χ3v) is 4.53. The van der Waals surface area contributed by atoms with Gasteiger partial charge in [-0.2, -0.15) is 4.98 Å². The molecule has 2 aromatic heterocycles. The molecule has 0 spiro atoms. The van der Waals surface area contributed by atoms with Crippen LogP contribution in [-0.2, 0) is 6.54 Å². The average molecular weight is 286 g/mol. The maximum atomic E-state index is 4.95. The number of thiazole rings is 1. The van der Waals surface area contributed by atoms with Crippen molar-refractivity contribution in [1.29, 1.82) is 0 Å². The molecule has 0 unspecified atom stereocenters. The molecular weight excluding hydrogens is 272 g/mol. The number of hydrogen-bond donors (Lipinski definition) is 1. The fraction of sp³-hybridized carbons (Fsp3) is 0.357. The summed E-state index contributed by atoms with van der Waals surface area (Å²) in [6.07, 6.45) is 2.59. The number of fused-ring (bicyclic) bond motifs is 1. The first-order chi connectivity index (χ1) is 9.78. The van der Waals surface area contributed by atoms with Crippen LogP contribution in [0.15, 0.2) is 22.7 Å². The van der Waals surface area contributed by atoms with E-state index in [4.69, 9.17) is 4.52 Å². The Bertz CT molecular complexity index is 759. The van der Waals surface area contributed by atoms with E-state index in [1.165, 1.54) is 22.5 Å². The zero-order chi connectivity index (χ0) is 13.5. The SMILES string of the molecule is Cc1nc(CNc2ccc3nc(C4CC4)sc3c2)no1. The molecule has 0 aliphatic heterocycles. The number of hydrogen-bond acceptors (Lipinski definition) is 6. The van der Waals surface area contributed by atoms with E-state index in [-0.39, 0.29) is 0 Å². The van der Waals surface area contributed by atoms with Crippen LogP contribution in [0.1, 0.15) is 35.5 Å². The van der Waals surface area contributed by atoms with Crippen LogP contribution in [0.5, 0.6) is 0 Å². The van der Waals surface area contributed by atoms with Gasteiger partial charge in [-0.1, -0.05) is 5.16 Å². The second-order valence-corrected chi connectivity index (χ2v) is 6.15. The molecule has 0 bridgehead atoms. The van der Waals surface area contributed by atoms with Crippen LogP contribution in [0.2, 0.25) is 0 Å². The van der Waals surface area contributed by atoms with E-state index in [0.717, 1.165) is 11.2 Å². The third kappa shape index (κ3) is 2.27. The Morgan fingerprint density at radius 1 is 1.35 bits per heavy atom. The van der Waals surface area contributed by atoms with Gasteiger partial charge in [0.05, 0.1) is 21.8 Å². The second-order valence-electron chi connectivity index (χ2n) is 5.09. The molecule has 1 fully saturated rings. The largest absolute Gasteiger partial charge is 0.378 e. The highest BCUT2D eigenvalue weighted by Gasteiger charge is 2.26. The summed E-state index contributed by atoms with van der Waals surface area (Å²) in [6.45, 7) is 2.36. The Kier molecular flexibility index (Phi) is 2.70. The van der Waals surface area contributed by atoms with E-state index in [0.29, 0.717) is 24.2 Å². The highest BCUT2D eigenvalue weighted by Crippen LogP contribution is 2.43. The molecule has 3 aromatic rings. The lowest BCUT2D eigenvalue weighted by atomic mass is 10.3. The molecule has 1 aromatic carbocycles. The van der Waals surface area contributed by atoms with Crippen LogP contribution in [0.4, 0.5) is 5.69 Å². The zero-order valence-corrected chi connectivity index (χ0v) is 11.9. The normalized spacial score (nSPS) is 14.8. The minimum atomic E-state index is 0.567. The molecule has 1 aliphatic carbocycles. The first-order valence-electron chi connectivity index (χ1n) is 6.71. The summed E-state index contributed by atoms with van der Waals surface area (Å²) in [4.78, 5) is 8.86. The standard InChI is InChI=1S/C14H14N4OS/c1-8-16-13(18-19-8)7-15-10-4-5-11-12(6-10)20-14(17-11)9-2-3-9/h4-6,9,15H,2-3,7H2,1H3. The molecular formula is C14H14N4OS. The van der Waals surface area contributed by atoms with Gasteiger partial charge in [0.25, 0.3) is 0 Å². The highest BCUT2D eigenvalue weighted by atomic mass is 32.1. The van der Waals surface area contributed by atoms with Crippen molar-refractivity contribution in [3.63, 3.8) is 0 Å². The molecule has 1 saturated carbocycles. The lowest BCUT2D eigenvalue weighted by molar-refractivity contribution is 0.388. The summed E-state index contributed by atoms with van der Waals surface area (Å²) in [7, 11) is 0. The van der Waals surface area contributed by atoms with Crippen molar-refractivity contribution < 1.29 is 4.52 Å². The predicted molar refractivity (Wildman–Crippen MR) is 78.0 cm³/mol. The molecule has 4 rings (SSSR count). The van der Waals surface area contributed by atoms with E-state index >= 15 is 0 Å². The van der Waals surface area contributed by atoms with Crippen molar-refractivity contribution in [2.75, 3.05) is 5.32 Å². The molecule has 1 N–H and O–H groups in total. The molecule has 1 aliphatic rings. The van der Waals surface area contributed by atoms with Gasteiger partial charge in [0, 0.05) is 18.5 Å². The second kappa shape index (κ2) is 4.56. The first-order valence-corrected chi connectivity index (χ1v) is 7.53. The fourth-order valence-corrected chi connectivity index (χ4v) is 3.33. The maximum absolute atomic E-state index is 4.95. The molecule has 0 saturated heterocycles. The van der Waals surface area contributed by atoms with E-state index < -0.39 is 0 Å². The van der Waals surface area contributed by atoms with Crippen LogP contribution >= 0.6 is 11.3 Å². The molecule has 6 heteroatoms. The third-order valence-electron chi connectivity index (χ3n) is 3.35. The van der Waals surface area contributed by atoms with Gasteiger partial charge < -0.3 is 9.84 Å². The van der Waals surface area contributed by atoms with E-state index in [1.54, 1.807) is 18.3 Å². The molecule has 20 heavy (non-hydrogen) atoms. The Hall–Kier alpha value is -1.95. The summed E-state index contributed by atoms with van der Waals surface area (Å²) >= 11 is 1.81. The highest BCUT2D eigenvalue weighted by molar-refractivity contribution is 7.18. The number of aromatic nitrogens is 3. The Labute approximate surface area is 120 Å². The lowest BCUT2D eigenvalue weighted by Crippen LogP contribution is -2.00. The van der Waals surface area contributed by atoms with Gasteiger partial charge in [0.2, 0.25) is 5.89 Å². The van der Waals surface area contributed by atoms with Crippen LogP contribution in [0, 0.1) is 6.92 Å². The number of rotatable bonds is 4. The van der Waals surface area contributed by atoms with Crippen molar-refractivity contribution >= 4 is 27.2 Å². The summed E-state index contributed by atoms with van der Waals surface area (Å²) < 4.78 is 6.19. The maximum Gasteiger partial charge on any atom is 0.223 e. The summed E-state index contributed by atoms with van der Waals surface area (Å²) in [6, 6.07) is 6.26. The number of nitrogens with one attached hydrogen (secondary N) is 1. The monoisotopic (exact) mass is 286 g/mol. The van der Waals surface area contributed by atoms with Crippen molar-refractivity contribution in [1.82, 2.24) is 15.1 Å². The summed E-state index contributed by atoms with van der Waals surface area (Å²) in [5, 5.41) is 8.47. The number of benzene rings is 1. The van der Waals surface area contributed by atoms with Gasteiger partial charge in [-0.15, -0.1) is 11.3 Å². The quantitative estimate of drug-likeness (QED) is 0.795. The van der Waals surface area contributed by atoms with Gasteiger partial charge >= 0.3 is 0 Å². The number of nitrogens with zero attached hydrogens (tertiary/aromatic N) is 3. The molecule has 5 nitrogen and oxygen atoms in total. The first kappa shape index (κ1) is 11.8. The molecule has 0 atom stereocenters. The molecule has 102 valence electrons. The van der Waals surface area contributed by atoms with Gasteiger partial charge in [-0.3, -0.25) is 0 Å². The Morgan fingerprint density at radius 2 is 2.25 bits per heavy atom. The van der Waals surface area contributed by atoms with Gasteiger partial charge in [0.15, 0.2) is 5.82 Å². The van der Waals surface area contributed by atoms with Crippen molar-refractivity contribution in [3.05, 3.63) is 34.9 Å². The van der Waals surface area contributed by atoms with Crippen molar-refractivity contribution in [2.45, 2.75) is 32.2 Å². The van der Waals surface area contributed by atoms with Gasteiger partial charge in [0.1, 0.15) is 0 Å². The van der Waals surface area contributed by atoms with E-state index in [9.17, 15) is 0 Å². The van der Waals surface area contributed by atoms with E-state index in [1.807, 2.05) is 6.07 Å². The fourth-order valence-electron chi connectivity index (χ4n) is 2.15. The van der Waals surface area contributed by atoms with Crippen LogP contribution in [0.25, 0.3) is 10.2 Å². The number of aryl methyl sites for hydroxylation is 1. The van der Waals surface area contributed by atoms with Crippen LogP contribution in [0.3, 0.4) is 0 Å². The van der Waals surface area contributed by atoms with Crippen LogP contribution < -0.4 is 5.32 Å². The Balaban J connectivity index is 1.54. The van der Waals surface area contributed by atoms with Gasteiger partial charge in [-0.05, 0) is 31.0 Å². The Morgan fingerprint density at radius 3 is 3.00 bits per heavy atom. The molecule has 0 radical (unpaired) electrons.